The molecule has 110 valence electrons. The van der Waals surface area contributed by atoms with E-state index in [0.717, 1.165) is 22.4 Å². The zero-order valence-corrected chi connectivity index (χ0v) is 12.6. The summed E-state index contributed by atoms with van der Waals surface area (Å²) in [5.41, 5.74) is 2.49. The number of hydrogen-bond acceptors (Lipinski definition) is 3. The van der Waals surface area contributed by atoms with Crippen molar-refractivity contribution in [2.24, 2.45) is 0 Å². The van der Waals surface area contributed by atoms with Crippen molar-refractivity contribution in [1.82, 2.24) is 14.7 Å². The van der Waals surface area contributed by atoms with Gasteiger partial charge in [-0.2, -0.15) is 0 Å². The van der Waals surface area contributed by atoms with Gasteiger partial charge in [0.1, 0.15) is 11.6 Å². The normalized spacial score (nSPS) is 11.4. The van der Waals surface area contributed by atoms with Crippen molar-refractivity contribution in [2.45, 2.75) is 26.9 Å². The summed E-state index contributed by atoms with van der Waals surface area (Å²) in [6, 6.07) is 3.64. The molecule has 2 heterocycles. The fraction of sp³-hybridized carbons (Fsp3) is 0.267. The monoisotopic (exact) mass is 307 g/mol. The molecule has 1 aromatic carbocycles. The number of fused-ring (bicyclic) bond motifs is 1. The number of nitrogens with zero attached hydrogens (tertiary/aromatic N) is 2. The minimum absolute atomic E-state index is 0.349. The first-order chi connectivity index (χ1) is 10.0. The Bertz CT molecular complexity index is 792. The summed E-state index contributed by atoms with van der Waals surface area (Å²) in [6.45, 7) is 4.94. The van der Waals surface area contributed by atoms with E-state index in [2.05, 4.69) is 20.9 Å². The first kappa shape index (κ1) is 14.2. The highest BCUT2D eigenvalue weighted by atomic mass is 32.1. The van der Waals surface area contributed by atoms with Crippen LogP contribution in [0.25, 0.3) is 4.96 Å². The van der Waals surface area contributed by atoms with E-state index in [4.69, 9.17) is 0 Å². The molecule has 0 aliphatic heterocycles. The molecule has 3 nitrogen and oxygen atoms in total. The molecule has 0 unspecified atom stereocenters. The molecule has 0 amide bonds. The van der Waals surface area contributed by atoms with Crippen LogP contribution in [0.15, 0.2) is 24.4 Å². The lowest BCUT2D eigenvalue weighted by Crippen LogP contribution is -2.15. The molecule has 0 spiro atoms. The third-order valence-electron chi connectivity index (χ3n) is 3.36. The lowest BCUT2D eigenvalue weighted by atomic mass is 10.2. The summed E-state index contributed by atoms with van der Waals surface area (Å²) < 4.78 is 28.5. The van der Waals surface area contributed by atoms with Gasteiger partial charge in [-0.1, -0.05) is 6.07 Å². The molecule has 3 aromatic rings. The molecular weight excluding hydrogens is 292 g/mol. The molecule has 21 heavy (non-hydrogen) atoms. The fourth-order valence-corrected chi connectivity index (χ4v) is 3.19. The molecular formula is C15H15F2N3S. The predicted molar refractivity (Wildman–Crippen MR) is 79.4 cm³/mol. The first-order valence-corrected chi connectivity index (χ1v) is 7.45. The maximum Gasteiger partial charge on any atom is 0.194 e. The lowest BCUT2D eigenvalue weighted by molar-refractivity contribution is 0.558. The summed E-state index contributed by atoms with van der Waals surface area (Å²) in [5.74, 6) is -1.08. The van der Waals surface area contributed by atoms with Crippen molar-refractivity contribution in [3.05, 3.63) is 57.9 Å². The van der Waals surface area contributed by atoms with Crippen molar-refractivity contribution in [3.63, 3.8) is 0 Å². The zero-order valence-electron chi connectivity index (χ0n) is 11.8. The van der Waals surface area contributed by atoms with Crippen LogP contribution in [-0.4, -0.2) is 9.38 Å². The van der Waals surface area contributed by atoms with Crippen LogP contribution >= 0.6 is 11.3 Å². The average Bonchev–Trinajstić information content (AvgIpc) is 2.89. The lowest BCUT2D eigenvalue weighted by Gasteiger charge is -2.06. The van der Waals surface area contributed by atoms with Gasteiger partial charge in [0.25, 0.3) is 0 Å². The summed E-state index contributed by atoms with van der Waals surface area (Å²) in [4.78, 5) is 6.67. The Morgan fingerprint density at radius 3 is 2.81 bits per heavy atom. The van der Waals surface area contributed by atoms with Crippen LogP contribution in [0.5, 0.6) is 0 Å². The van der Waals surface area contributed by atoms with E-state index in [-0.39, 0.29) is 0 Å². The summed E-state index contributed by atoms with van der Waals surface area (Å²) in [6.07, 6.45) is 2.05. The summed E-state index contributed by atoms with van der Waals surface area (Å²) in [7, 11) is 0. The second-order valence-electron chi connectivity index (χ2n) is 4.98. The van der Waals surface area contributed by atoms with Crippen LogP contribution in [0.1, 0.15) is 21.8 Å². The van der Waals surface area contributed by atoms with Crippen molar-refractivity contribution in [1.29, 1.82) is 0 Å². The highest BCUT2D eigenvalue weighted by Crippen LogP contribution is 2.20. The van der Waals surface area contributed by atoms with E-state index in [0.29, 0.717) is 18.7 Å². The van der Waals surface area contributed by atoms with Crippen molar-refractivity contribution >= 4 is 16.3 Å². The topological polar surface area (TPSA) is 29.3 Å². The van der Waals surface area contributed by atoms with Gasteiger partial charge in [0.15, 0.2) is 4.96 Å². The van der Waals surface area contributed by atoms with Gasteiger partial charge < -0.3 is 5.32 Å². The van der Waals surface area contributed by atoms with Crippen LogP contribution in [-0.2, 0) is 13.1 Å². The Balaban J connectivity index is 1.73. The van der Waals surface area contributed by atoms with Crippen LogP contribution in [0.2, 0.25) is 0 Å². The Kier molecular flexibility index (Phi) is 3.73. The highest BCUT2D eigenvalue weighted by molar-refractivity contribution is 7.17. The van der Waals surface area contributed by atoms with E-state index >= 15 is 0 Å². The largest absolute Gasteiger partial charge is 0.307 e. The molecule has 0 bridgehead atoms. The molecule has 0 fully saturated rings. The van der Waals surface area contributed by atoms with Crippen molar-refractivity contribution in [3.8, 4) is 0 Å². The Hall–Kier alpha value is -1.79. The zero-order chi connectivity index (χ0) is 15.0. The molecule has 0 atom stereocenters. The number of nitrogens with one attached hydrogen (secondary N) is 1. The van der Waals surface area contributed by atoms with E-state index in [9.17, 15) is 8.78 Å². The second kappa shape index (κ2) is 5.54. The standard InChI is InChI=1S/C15H15F2N3S/c1-9-8-20-14(10(2)19-15(20)21-9)7-18-6-11-3-4-12(16)5-13(11)17/h3-5,8,18H,6-7H2,1-2H3. The van der Waals surface area contributed by atoms with Gasteiger partial charge in [0.05, 0.1) is 11.4 Å². The molecule has 2 aromatic heterocycles. The Labute approximate surface area is 125 Å². The smallest absolute Gasteiger partial charge is 0.194 e. The third kappa shape index (κ3) is 2.82. The third-order valence-corrected chi connectivity index (χ3v) is 4.26. The van der Waals surface area contributed by atoms with Crippen LogP contribution in [0.4, 0.5) is 8.78 Å². The second-order valence-corrected chi connectivity index (χ2v) is 6.19. The average molecular weight is 307 g/mol. The van der Waals surface area contributed by atoms with Gasteiger partial charge in [0, 0.05) is 35.8 Å². The number of hydrogen-bond donors (Lipinski definition) is 1. The number of imidazole rings is 1. The van der Waals surface area contributed by atoms with Crippen LogP contribution in [0, 0.1) is 25.5 Å². The maximum atomic E-state index is 13.6. The van der Waals surface area contributed by atoms with Crippen molar-refractivity contribution < 1.29 is 8.78 Å². The minimum atomic E-state index is -0.557. The van der Waals surface area contributed by atoms with Gasteiger partial charge in [-0.05, 0) is 19.9 Å². The molecule has 6 heteroatoms. The SMILES string of the molecule is Cc1cn2c(CNCc3ccc(F)cc3F)c(C)nc2s1. The highest BCUT2D eigenvalue weighted by Gasteiger charge is 2.11. The van der Waals surface area contributed by atoms with Gasteiger partial charge >= 0.3 is 0 Å². The molecule has 0 saturated heterocycles. The van der Waals surface area contributed by atoms with E-state index in [1.165, 1.54) is 17.0 Å². The molecule has 0 aliphatic carbocycles. The number of benzene rings is 1. The van der Waals surface area contributed by atoms with Crippen molar-refractivity contribution in [2.75, 3.05) is 0 Å². The van der Waals surface area contributed by atoms with Crippen LogP contribution < -0.4 is 5.32 Å². The maximum absolute atomic E-state index is 13.6. The number of aromatic nitrogens is 2. The van der Waals surface area contributed by atoms with E-state index in [1.807, 2.05) is 13.8 Å². The molecule has 0 saturated carbocycles. The molecule has 1 N–H and O–H groups in total. The van der Waals surface area contributed by atoms with Gasteiger partial charge in [-0.25, -0.2) is 13.8 Å². The quantitative estimate of drug-likeness (QED) is 0.798. The van der Waals surface area contributed by atoms with Crippen LogP contribution in [0.3, 0.4) is 0 Å². The summed E-state index contributed by atoms with van der Waals surface area (Å²) >= 11 is 1.64. The molecule has 0 radical (unpaired) electrons. The first-order valence-electron chi connectivity index (χ1n) is 6.63. The fourth-order valence-electron chi connectivity index (χ4n) is 2.30. The minimum Gasteiger partial charge on any atom is -0.307 e. The molecule has 0 aliphatic rings. The number of thiazole rings is 1. The molecule has 3 rings (SSSR count). The van der Waals surface area contributed by atoms with Gasteiger partial charge in [-0.3, -0.25) is 4.40 Å². The van der Waals surface area contributed by atoms with Gasteiger partial charge in [0.2, 0.25) is 0 Å². The number of rotatable bonds is 4. The van der Waals surface area contributed by atoms with E-state index < -0.39 is 11.6 Å². The number of halogens is 2. The summed E-state index contributed by atoms with van der Waals surface area (Å²) in [5, 5.41) is 3.19. The van der Waals surface area contributed by atoms with E-state index in [1.54, 1.807) is 11.3 Å². The Morgan fingerprint density at radius 2 is 2.05 bits per heavy atom. The number of aryl methyl sites for hydroxylation is 2. The van der Waals surface area contributed by atoms with Gasteiger partial charge in [-0.15, -0.1) is 11.3 Å². The Morgan fingerprint density at radius 1 is 1.24 bits per heavy atom. The predicted octanol–water partition coefficient (Wildman–Crippen LogP) is 3.58.